The van der Waals surface area contributed by atoms with Gasteiger partial charge in [0.2, 0.25) is 0 Å². The highest BCUT2D eigenvalue weighted by Crippen LogP contribution is 2.23. The van der Waals surface area contributed by atoms with Gasteiger partial charge in [-0.25, -0.2) is 4.98 Å². The number of rotatable bonds is 14. The fourth-order valence-electron chi connectivity index (χ4n) is 1.78. The molecule has 142 valence electrons. The smallest absolute Gasteiger partial charge is 0.164 e. The Morgan fingerprint density at radius 3 is 2.88 bits per heavy atom. The summed E-state index contributed by atoms with van der Waals surface area (Å²) in [4.78, 5) is 31.7. The lowest BCUT2D eigenvalue weighted by atomic mass is 10.1. The van der Waals surface area contributed by atoms with Gasteiger partial charge in [0.15, 0.2) is 11.6 Å². The standard InChI is InChI=1S/C18H26N4O2S2/c1-3-10-21-22-18-8-7-15(13-20-18)17(24)6-5-11-25-26-12-9-16(23)14-19-4-2/h4,7-8,10,13H,3,5-6,9,11-12,14H2,1-2H3,(H,20,22)/b19-4?,21-10+/i1T. The highest BCUT2D eigenvalue weighted by atomic mass is 33.1. The lowest BCUT2D eigenvalue weighted by molar-refractivity contribution is -0.117. The van der Waals surface area contributed by atoms with Crippen LogP contribution in [0.4, 0.5) is 5.82 Å². The summed E-state index contributed by atoms with van der Waals surface area (Å²) in [5, 5.41) is 3.94. The first-order valence-electron chi connectivity index (χ1n) is 9.14. The molecule has 0 unspecified atom stereocenters. The van der Waals surface area contributed by atoms with Crippen molar-refractivity contribution < 1.29 is 11.0 Å². The molecule has 0 aliphatic heterocycles. The van der Waals surface area contributed by atoms with Crippen LogP contribution in [-0.4, -0.2) is 47.0 Å². The average molecular weight is 397 g/mol. The SMILES string of the molecule is [3H]CC/C=N/Nc1ccc(C(=O)CCCSSCCC(=O)CN=CC)cn1. The molecule has 6 nitrogen and oxygen atoms in total. The van der Waals surface area contributed by atoms with Crippen LogP contribution in [0.15, 0.2) is 28.4 Å². The number of nitrogens with one attached hydrogen (secondary N) is 1. The molecule has 26 heavy (non-hydrogen) atoms. The van der Waals surface area contributed by atoms with E-state index in [1.54, 1.807) is 59.3 Å². The van der Waals surface area contributed by atoms with Gasteiger partial charge in [-0.2, -0.15) is 5.10 Å². The van der Waals surface area contributed by atoms with Crippen LogP contribution in [-0.2, 0) is 4.79 Å². The van der Waals surface area contributed by atoms with E-state index in [4.69, 9.17) is 1.37 Å². The van der Waals surface area contributed by atoms with Crippen LogP contribution in [0.1, 0.15) is 51.2 Å². The fraction of sp³-hybridized carbons (Fsp3) is 0.500. The summed E-state index contributed by atoms with van der Waals surface area (Å²) in [6, 6.07) is 3.46. The molecule has 1 heterocycles. The first kappa shape index (κ1) is 20.6. The van der Waals surface area contributed by atoms with Gasteiger partial charge < -0.3 is 0 Å². The van der Waals surface area contributed by atoms with Gasteiger partial charge in [0, 0.05) is 43.7 Å². The Bertz CT molecular complexity index is 624. The van der Waals surface area contributed by atoms with Crippen molar-refractivity contribution in [2.24, 2.45) is 10.1 Å². The van der Waals surface area contributed by atoms with Crippen LogP contribution in [0.25, 0.3) is 0 Å². The van der Waals surface area contributed by atoms with Crippen molar-refractivity contribution in [3.05, 3.63) is 23.9 Å². The van der Waals surface area contributed by atoms with Crippen molar-refractivity contribution in [1.29, 1.82) is 0 Å². The van der Waals surface area contributed by atoms with Crippen LogP contribution >= 0.6 is 21.6 Å². The summed E-state index contributed by atoms with van der Waals surface area (Å²) in [6.07, 6.45) is 7.22. The molecular formula is C18H26N4O2S2. The molecule has 0 radical (unpaired) electrons. The molecule has 0 aliphatic carbocycles. The number of hydrogen-bond donors (Lipinski definition) is 1. The number of carbonyl (C=O) groups is 2. The summed E-state index contributed by atoms with van der Waals surface area (Å²) < 4.78 is 7.01. The maximum Gasteiger partial charge on any atom is 0.164 e. The van der Waals surface area contributed by atoms with Crippen molar-refractivity contribution in [3.63, 3.8) is 0 Å². The minimum Gasteiger partial charge on any atom is -0.298 e. The van der Waals surface area contributed by atoms with Crippen LogP contribution in [0.5, 0.6) is 0 Å². The second kappa shape index (κ2) is 14.5. The number of anilines is 1. The monoisotopic (exact) mass is 396 g/mol. The van der Waals surface area contributed by atoms with E-state index in [-0.39, 0.29) is 18.1 Å². The number of nitrogens with zero attached hydrogens (tertiary/aromatic N) is 3. The predicted octanol–water partition coefficient (Wildman–Crippen LogP) is 4.28. The topological polar surface area (TPSA) is 83.8 Å². The number of Topliss-reactive ketones (excluding diaryl/α,β-unsaturated/α-hetero) is 2. The summed E-state index contributed by atoms with van der Waals surface area (Å²) >= 11 is 0. The third-order valence-electron chi connectivity index (χ3n) is 3.11. The maximum absolute atomic E-state index is 12.1. The highest BCUT2D eigenvalue weighted by molar-refractivity contribution is 8.76. The normalized spacial score (nSPS) is 11.8. The largest absolute Gasteiger partial charge is 0.298 e. The zero-order chi connectivity index (χ0) is 19.7. The van der Waals surface area contributed by atoms with E-state index >= 15 is 0 Å². The highest BCUT2D eigenvalue weighted by Gasteiger charge is 2.06. The molecule has 0 saturated heterocycles. The molecular weight excluding hydrogens is 368 g/mol. The van der Waals surface area contributed by atoms with E-state index in [2.05, 4.69) is 20.5 Å². The molecule has 0 spiro atoms. The van der Waals surface area contributed by atoms with Gasteiger partial charge in [-0.15, -0.1) is 0 Å². The quantitative estimate of drug-likeness (QED) is 0.166. The van der Waals surface area contributed by atoms with Gasteiger partial charge in [-0.3, -0.25) is 20.0 Å². The minimum atomic E-state index is 0.0740. The number of hydrogen-bond acceptors (Lipinski definition) is 8. The van der Waals surface area contributed by atoms with Gasteiger partial charge in [-0.05, 0) is 38.1 Å². The van der Waals surface area contributed by atoms with E-state index in [0.29, 0.717) is 37.5 Å². The van der Waals surface area contributed by atoms with Gasteiger partial charge in [0.1, 0.15) is 5.82 Å². The molecule has 1 aromatic rings. The first-order chi connectivity index (χ1) is 13.2. The van der Waals surface area contributed by atoms with Crippen LogP contribution < -0.4 is 5.43 Å². The van der Waals surface area contributed by atoms with E-state index in [9.17, 15) is 9.59 Å². The maximum atomic E-state index is 12.1. The number of carbonyl (C=O) groups excluding carboxylic acids is 2. The molecule has 8 heteroatoms. The third-order valence-corrected chi connectivity index (χ3v) is 5.61. The molecule has 1 N–H and O–H groups in total. The molecule has 0 bridgehead atoms. The van der Waals surface area contributed by atoms with Gasteiger partial charge in [0.05, 0.1) is 6.54 Å². The Morgan fingerprint density at radius 2 is 2.15 bits per heavy atom. The zero-order valence-corrected chi connectivity index (χ0v) is 16.7. The molecule has 0 amide bonds. The van der Waals surface area contributed by atoms with Gasteiger partial charge in [0.25, 0.3) is 0 Å². The number of ketones is 2. The minimum absolute atomic E-state index is 0.0740. The second-order valence-corrected chi connectivity index (χ2v) is 7.90. The third kappa shape index (κ3) is 10.4. The summed E-state index contributed by atoms with van der Waals surface area (Å²) in [6.45, 7) is 2.38. The molecule has 0 atom stereocenters. The number of aromatic nitrogens is 1. The molecule has 1 aromatic heterocycles. The molecule has 0 aliphatic rings. The van der Waals surface area contributed by atoms with Crippen molar-refractivity contribution in [2.75, 3.05) is 23.5 Å². The lowest BCUT2D eigenvalue weighted by Crippen LogP contribution is -2.03. The van der Waals surface area contributed by atoms with Crippen molar-refractivity contribution in [3.8, 4) is 0 Å². The van der Waals surface area contributed by atoms with Crippen LogP contribution in [0.3, 0.4) is 0 Å². The summed E-state index contributed by atoms with van der Waals surface area (Å²) in [5.74, 6) is 2.45. The number of aliphatic imine (C=N–C) groups is 1. The van der Waals surface area contributed by atoms with E-state index in [1.165, 1.54) is 0 Å². The average Bonchev–Trinajstić information content (AvgIpc) is 2.69. The van der Waals surface area contributed by atoms with Gasteiger partial charge in [-0.1, -0.05) is 28.5 Å². The van der Waals surface area contributed by atoms with Gasteiger partial charge >= 0.3 is 0 Å². The zero-order valence-electron chi connectivity index (χ0n) is 16.0. The Balaban J connectivity index is 2.15. The first-order valence-corrected chi connectivity index (χ1v) is 10.9. The summed E-state index contributed by atoms with van der Waals surface area (Å²) in [7, 11) is 3.35. The Hall–Kier alpha value is -1.67. The lowest BCUT2D eigenvalue weighted by Gasteiger charge is -2.03. The van der Waals surface area contributed by atoms with Crippen molar-refractivity contribution in [1.82, 2.24) is 4.98 Å². The number of hydrazone groups is 1. The van der Waals surface area contributed by atoms with Crippen molar-refractivity contribution in [2.45, 2.75) is 39.5 Å². The Kier molecular flexibility index (Phi) is 11.5. The van der Waals surface area contributed by atoms with E-state index < -0.39 is 0 Å². The van der Waals surface area contributed by atoms with E-state index in [1.807, 2.05) is 0 Å². The van der Waals surface area contributed by atoms with Crippen LogP contribution in [0, 0.1) is 0 Å². The Morgan fingerprint density at radius 1 is 1.31 bits per heavy atom. The van der Waals surface area contributed by atoms with Crippen LogP contribution in [0.2, 0.25) is 0 Å². The number of pyridine rings is 1. The van der Waals surface area contributed by atoms with Crippen molar-refractivity contribution >= 4 is 51.4 Å². The Labute approximate surface area is 164 Å². The molecule has 1 rings (SSSR count). The molecule has 0 aromatic carbocycles. The predicted molar refractivity (Wildman–Crippen MR) is 114 cm³/mol. The second-order valence-electron chi connectivity index (χ2n) is 5.20. The fourth-order valence-corrected chi connectivity index (χ4v) is 3.90. The van der Waals surface area contributed by atoms with E-state index in [0.717, 1.165) is 17.9 Å². The summed E-state index contributed by atoms with van der Waals surface area (Å²) in [5.41, 5.74) is 3.36. The molecule has 0 saturated carbocycles. The molecule has 0 fully saturated rings.